The van der Waals surface area contributed by atoms with E-state index in [1.54, 1.807) is 7.11 Å². The molecule has 1 aromatic carbocycles. The number of nitrogens with one attached hydrogen (secondary N) is 1. The number of rotatable bonds is 9. The van der Waals surface area contributed by atoms with Gasteiger partial charge in [0, 0.05) is 43.6 Å². The third kappa shape index (κ3) is 4.81. The highest BCUT2D eigenvalue weighted by molar-refractivity contribution is 5.37. The van der Waals surface area contributed by atoms with E-state index in [1.807, 2.05) is 17.7 Å². The zero-order chi connectivity index (χ0) is 16.7. The molecule has 2 aromatic rings. The Morgan fingerprint density at radius 2 is 2.00 bits per heavy atom. The topological polar surface area (TPSA) is 48.3 Å². The molecule has 0 unspecified atom stereocenters. The monoisotopic (exact) mass is 317 g/mol. The molecule has 0 saturated carbocycles. The van der Waals surface area contributed by atoms with E-state index in [9.17, 15) is 0 Å². The minimum absolute atomic E-state index is 0.579. The number of aryl methyl sites for hydroxylation is 2. The summed E-state index contributed by atoms with van der Waals surface area (Å²) < 4.78 is 12.9. The quantitative estimate of drug-likeness (QED) is 0.772. The second-order valence-electron chi connectivity index (χ2n) is 5.48. The van der Waals surface area contributed by atoms with Crippen LogP contribution < -0.4 is 10.1 Å². The van der Waals surface area contributed by atoms with E-state index < -0.39 is 0 Å². The van der Waals surface area contributed by atoms with Gasteiger partial charge in [0.05, 0.1) is 19.4 Å². The summed E-state index contributed by atoms with van der Waals surface area (Å²) in [5, 5.41) is 7.95. The molecule has 0 spiro atoms. The molecule has 5 heteroatoms. The van der Waals surface area contributed by atoms with E-state index >= 15 is 0 Å². The molecule has 126 valence electrons. The SMILES string of the molecule is CCOCc1cc(CNCc2cn(CC)nc2C)ccc1OC. The number of ether oxygens (including phenoxy) is 2. The molecule has 23 heavy (non-hydrogen) atoms. The first kappa shape index (κ1) is 17.5. The van der Waals surface area contributed by atoms with Crippen LogP contribution in [0.15, 0.2) is 24.4 Å². The molecule has 5 nitrogen and oxygen atoms in total. The summed E-state index contributed by atoms with van der Waals surface area (Å²) in [6, 6.07) is 6.24. The summed E-state index contributed by atoms with van der Waals surface area (Å²) in [6.45, 7) is 9.95. The van der Waals surface area contributed by atoms with Gasteiger partial charge in [-0.25, -0.2) is 0 Å². The highest BCUT2D eigenvalue weighted by Gasteiger charge is 2.06. The smallest absolute Gasteiger partial charge is 0.124 e. The molecule has 0 bridgehead atoms. The summed E-state index contributed by atoms with van der Waals surface area (Å²) in [5.41, 5.74) is 4.64. The van der Waals surface area contributed by atoms with Crippen LogP contribution in [0.4, 0.5) is 0 Å². The molecule has 1 N–H and O–H groups in total. The summed E-state index contributed by atoms with van der Waals surface area (Å²) in [5.74, 6) is 0.877. The maximum Gasteiger partial charge on any atom is 0.124 e. The minimum Gasteiger partial charge on any atom is -0.496 e. The van der Waals surface area contributed by atoms with Gasteiger partial charge >= 0.3 is 0 Å². The average molecular weight is 317 g/mol. The molecular weight excluding hydrogens is 290 g/mol. The highest BCUT2D eigenvalue weighted by atomic mass is 16.5. The van der Waals surface area contributed by atoms with E-state index in [4.69, 9.17) is 9.47 Å². The second-order valence-corrected chi connectivity index (χ2v) is 5.48. The van der Waals surface area contributed by atoms with Crippen molar-refractivity contribution in [1.29, 1.82) is 0 Å². The largest absolute Gasteiger partial charge is 0.496 e. The van der Waals surface area contributed by atoms with Crippen molar-refractivity contribution in [1.82, 2.24) is 15.1 Å². The first-order chi connectivity index (χ1) is 11.2. The second kappa shape index (κ2) is 8.70. The average Bonchev–Trinajstić information content (AvgIpc) is 2.93. The predicted molar refractivity (Wildman–Crippen MR) is 91.5 cm³/mol. The third-order valence-corrected chi connectivity index (χ3v) is 3.82. The Labute approximate surface area is 138 Å². The van der Waals surface area contributed by atoms with Crippen LogP contribution in [0, 0.1) is 6.92 Å². The number of hydrogen-bond acceptors (Lipinski definition) is 4. The molecule has 0 aliphatic carbocycles. The highest BCUT2D eigenvalue weighted by Crippen LogP contribution is 2.21. The molecule has 0 atom stereocenters. The molecule has 1 aromatic heterocycles. The van der Waals surface area contributed by atoms with Crippen LogP contribution in [0.3, 0.4) is 0 Å². The van der Waals surface area contributed by atoms with E-state index in [0.29, 0.717) is 13.2 Å². The molecule has 0 aliphatic heterocycles. The van der Waals surface area contributed by atoms with Crippen LogP contribution in [0.1, 0.15) is 36.2 Å². The first-order valence-electron chi connectivity index (χ1n) is 8.15. The van der Waals surface area contributed by atoms with Crippen LogP contribution in [-0.4, -0.2) is 23.5 Å². The fourth-order valence-corrected chi connectivity index (χ4v) is 2.50. The minimum atomic E-state index is 0.579. The van der Waals surface area contributed by atoms with Gasteiger partial charge in [0.15, 0.2) is 0 Å². The predicted octanol–water partition coefficient (Wildman–Crippen LogP) is 3.05. The molecule has 2 rings (SSSR count). The standard InChI is InChI=1S/C18H27N3O2/c1-5-21-12-17(14(3)20-21)11-19-10-15-7-8-18(22-4)16(9-15)13-23-6-2/h7-9,12,19H,5-6,10-11,13H2,1-4H3. The van der Waals surface area contributed by atoms with Crippen molar-refractivity contribution in [3.05, 3.63) is 46.8 Å². The van der Waals surface area contributed by atoms with Gasteiger partial charge in [-0.15, -0.1) is 0 Å². The summed E-state index contributed by atoms with van der Waals surface area (Å²) in [4.78, 5) is 0. The Bertz CT molecular complexity index is 623. The maximum atomic E-state index is 5.51. The summed E-state index contributed by atoms with van der Waals surface area (Å²) in [7, 11) is 1.69. The van der Waals surface area contributed by atoms with Gasteiger partial charge in [0.2, 0.25) is 0 Å². The number of benzene rings is 1. The number of hydrogen-bond donors (Lipinski definition) is 1. The number of aromatic nitrogens is 2. The van der Waals surface area contributed by atoms with E-state index in [1.165, 1.54) is 11.1 Å². The molecule has 0 saturated heterocycles. The maximum absolute atomic E-state index is 5.51. The lowest BCUT2D eigenvalue weighted by Gasteiger charge is -2.11. The zero-order valence-corrected chi connectivity index (χ0v) is 14.6. The Morgan fingerprint density at radius 1 is 1.17 bits per heavy atom. The van der Waals surface area contributed by atoms with Crippen molar-refractivity contribution >= 4 is 0 Å². The van der Waals surface area contributed by atoms with Gasteiger partial charge in [0.1, 0.15) is 5.75 Å². The van der Waals surface area contributed by atoms with Crippen molar-refractivity contribution in [2.24, 2.45) is 0 Å². The normalized spacial score (nSPS) is 11.0. The van der Waals surface area contributed by atoms with Crippen molar-refractivity contribution in [3.8, 4) is 5.75 Å². The first-order valence-corrected chi connectivity index (χ1v) is 8.15. The van der Waals surface area contributed by atoms with Crippen molar-refractivity contribution < 1.29 is 9.47 Å². The molecule has 0 fully saturated rings. The van der Waals surface area contributed by atoms with Gasteiger partial charge < -0.3 is 14.8 Å². The zero-order valence-electron chi connectivity index (χ0n) is 14.6. The lowest BCUT2D eigenvalue weighted by Crippen LogP contribution is -2.13. The van der Waals surface area contributed by atoms with Gasteiger partial charge in [-0.3, -0.25) is 4.68 Å². The van der Waals surface area contributed by atoms with Gasteiger partial charge in [-0.2, -0.15) is 5.10 Å². The van der Waals surface area contributed by atoms with Crippen LogP contribution in [0.5, 0.6) is 5.75 Å². The fourth-order valence-electron chi connectivity index (χ4n) is 2.50. The van der Waals surface area contributed by atoms with E-state index in [-0.39, 0.29) is 0 Å². The number of nitrogens with zero attached hydrogens (tertiary/aromatic N) is 2. The molecule has 0 aliphatic rings. The molecule has 0 radical (unpaired) electrons. The lowest BCUT2D eigenvalue weighted by molar-refractivity contribution is 0.132. The Morgan fingerprint density at radius 3 is 2.65 bits per heavy atom. The van der Waals surface area contributed by atoms with Crippen LogP contribution in [0.2, 0.25) is 0 Å². The van der Waals surface area contributed by atoms with Crippen molar-refractivity contribution in [3.63, 3.8) is 0 Å². The summed E-state index contributed by atoms with van der Waals surface area (Å²) >= 11 is 0. The summed E-state index contributed by atoms with van der Waals surface area (Å²) in [6.07, 6.45) is 2.11. The van der Waals surface area contributed by atoms with E-state index in [2.05, 4.69) is 42.6 Å². The fraction of sp³-hybridized carbons (Fsp3) is 0.500. The molecular formula is C18H27N3O2. The van der Waals surface area contributed by atoms with E-state index in [0.717, 1.165) is 36.6 Å². The van der Waals surface area contributed by atoms with Crippen molar-refractivity contribution in [2.75, 3.05) is 13.7 Å². The lowest BCUT2D eigenvalue weighted by atomic mass is 10.1. The van der Waals surface area contributed by atoms with Crippen LogP contribution in [-0.2, 0) is 31.0 Å². The van der Waals surface area contributed by atoms with Crippen molar-refractivity contribution in [2.45, 2.75) is 47.0 Å². The molecule has 0 amide bonds. The molecule has 1 heterocycles. The van der Waals surface area contributed by atoms with Gasteiger partial charge in [0.25, 0.3) is 0 Å². The van der Waals surface area contributed by atoms with Crippen LogP contribution in [0.25, 0.3) is 0 Å². The van der Waals surface area contributed by atoms with Gasteiger partial charge in [-0.05, 0) is 38.5 Å². The Hall–Kier alpha value is -1.85. The number of methoxy groups -OCH3 is 1. The Kier molecular flexibility index (Phi) is 6.62. The van der Waals surface area contributed by atoms with Crippen LogP contribution >= 0.6 is 0 Å². The third-order valence-electron chi connectivity index (χ3n) is 3.82. The van der Waals surface area contributed by atoms with Gasteiger partial charge in [-0.1, -0.05) is 6.07 Å². The Balaban J connectivity index is 1.95.